The van der Waals surface area contributed by atoms with E-state index in [1.807, 2.05) is 13.0 Å². The molecule has 0 N–H and O–H groups in total. The number of aryl methyl sites for hydroxylation is 2. The number of nitrogens with zero attached hydrogens (tertiary/aromatic N) is 5. The van der Waals surface area contributed by atoms with Crippen LogP contribution in [0.1, 0.15) is 29.7 Å². The molecular weight excluding hydrogens is 362 g/mol. The summed E-state index contributed by atoms with van der Waals surface area (Å²) in [6.45, 7) is 11.4. The lowest BCUT2D eigenvalue weighted by Gasteiger charge is -2.40. The molecule has 0 spiro atoms. The van der Waals surface area contributed by atoms with Gasteiger partial charge in [-0.3, -0.25) is 4.79 Å². The second-order valence-electron chi connectivity index (χ2n) is 8.31. The molecule has 2 aliphatic heterocycles. The van der Waals surface area contributed by atoms with E-state index in [4.69, 9.17) is 0 Å². The molecule has 1 aromatic carbocycles. The summed E-state index contributed by atoms with van der Waals surface area (Å²) in [6, 6.07) is 8.39. The van der Waals surface area contributed by atoms with E-state index < -0.39 is 0 Å². The number of rotatable bonds is 3. The Morgan fingerprint density at radius 1 is 1.00 bits per heavy atom. The molecule has 4 rings (SSSR count). The molecule has 0 saturated carbocycles. The average molecular weight is 394 g/mol. The van der Waals surface area contributed by atoms with Gasteiger partial charge in [0.1, 0.15) is 0 Å². The summed E-state index contributed by atoms with van der Waals surface area (Å²) in [5.41, 5.74) is 4.93. The minimum atomic E-state index is 0.0418. The van der Waals surface area contributed by atoms with Crippen LogP contribution in [-0.2, 0) is 4.79 Å². The Kier molecular flexibility index (Phi) is 5.69. The second-order valence-corrected chi connectivity index (χ2v) is 8.31. The first-order chi connectivity index (χ1) is 14.0. The van der Waals surface area contributed by atoms with Crippen molar-refractivity contribution < 1.29 is 4.79 Å². The van der Waals surface area contributed by atoms with Gasteiger partial charge in [0.2, 0.25) is 11.9 Å². The molecule has 1 amide bonds. The molecule has 1 aromatic heterocycles. The smallest absolute Gasteiger partial charge is 0.227 e. The Bertz CT molecular complexity index is 875. The molecule has 0 radical (unpaired) electrons. The van der Waals surface area contributed by atoms with Crippen molar-refractivity contribution in [1.82, 2.24) is 14.9 Å². The van der Waals surface area contributed by atoms with Crippen molar-refractivity contribution in [2.45, 2.75) is 33.6 Å². The van der Waals surface area contributed by atoms with Crippen LogP contribution in [-0.4, -0.2) is 60.0 Å². The van der Waals surface area contributed by atoms with Crippen LogP contribution in [0.25, 0.3) is 0 Å². The zero-order valence-corrected chi connectivity index (χ0v) is 17.8. The Balaban J connectivity index is 1.37. The molecule has 6 heteroatoms. The summed E-state index contributed by atoms with van der Waals surface area (Å²) in [5.74, 6) is 1.09. The number of hydrogen-bond donors (Lipinski definition) is 0. The lowest BCUT2D eigenvalue weighted by molar-refractivity contribution is -0.136. The fourth-order valence-corrected chi connectivity index (χ4v) is 4.45. The highest BCUT2D eigenvalue weighted by Crippen LogP contribution is 2.26. The van der Waals surface area contributed by atoms with Crippen LogP contribution >= 0.6 is 0 Å². The van der Waals surface area contributed by atoms with Crippen LogP contribution in [0, 0.1) is 26.7 Å². The van der Waals surface area contributed by atoms with Crippen molar-refractivity contribution in [3.8, 4) is 0 Å². The first kappa shape index (κ1) is 19.7. The molecule has 0 bridgehead atoms. The minimum absolute atomic E-state index is 0.0418. The molecule has 0 aliphatic carbocycles. The van der Waals surface area contributed by atoms with E-state index in [9.17, 15) is 4.79 Å². The SMILES string of the molecule is Cc1ccnc(N2CCCC(C(=O)N3CCN(c4cccc(C)c4C)CC3)C2)n1. The zero-order chi connectivity index (χ0) is 20.4. The number of carbonyl (C=O) groups is 1. The van der Waals surface area contributed by atoms with Crippen LogP contribution < -0.4 is 9.80 Å². The third-order valence-electron chi connectivity index (χ3n) is 6.34. The highest BCUT2D eigenvalue weighted by Gasteiger charge is 2.32. The summed E-state index contributed by atoms with van der Waals surface area (Å²) in [5, 5.41) is 0. The fourth-order valence-electron chi connectivity index (χ4n) is 4.45. The predicted molar refractivity (Wildman–Crippen MR) is 116 cm³/mol. The maximum atomic E-state index is 13.2. The van der Waals surface area contributed by atoms with Gasteiger partial charge in [-0.25, -0.2) is 9.97 Å². The summed E-state index contributed by atoms with van der Waals surface area (Å²) >= 11 is 0. The zero-order valence-electron chi connectivity index (χ0n) is 17.8. The Morgan fingerprint density at radius 2 is 1.79 bits per heavy atom. The molecule has 2 fully saturated rings. The molecule has 6 nitrogen and oxygen atoms in total. The monoisotopic (exact) mass is 393 g/mol. The lowest BCUT2D eigenvalue weighted by Crippen LogP contribution is -2.53. The topological polar surface area (TPSA) is 52.6 Å². The van der Waals surface area contributed by atoms with Crippen molar-refractivity contribution in [2.24, 2.45) is 5.92 Å². The summed E-state index contributed by atoms with van der Waals surface area (Å²) < 4.78 is 0. The molecule has 29 heavy (non-hydrogen) atoms. The quantitative estimate of drug-likeness (QED) is 0.802. The first-order valence-corrected chi connectivity index (χ1v) is 10.7. The summed E-state index contributed by atoms with van der Waals surface area (Å²) in [7, 11) is 0. The number of aromatic nitrogens is 2. The second kappa shape index (κ2) is 8.39. The lowest BCUT2D eigenvalue weighted by atomic mass is 9.96. The molecule has 2 aliphatic rings. The molecule has 2 aromatic rings. The standard InChI is InChI=1S/C23H31N5O/c1-17-6-4-8-21(19(17)3)26-12-14-27(15-13-26)22(29)20-7-5-11-28(16-20)23-24-10-9-18(2)25-23/h4,6,8-10,20H,5,7,11-16H2,1-3H3. The molecule has 2 saturated heterocycles. The van der Waals surface area contributed by atoms with Gasteiger partial charge in [0.25, 0.3) is 0 Å². The van der Waals surface area contributed by atoms with Crippen LogP contribution in [0.5, 0.6) is 0 Å². The van der Waals surface area contributed by atoms with Crippen LogP contribution in [0.2, 0.25) is 0 Å². The van der Waals surface area contributed by atoms with Crippen molar-refractivity contribution in [3.63, 3.8) is 0 Å². The summed E-state index contributed by atoms with van der Waals surface area (Å²) in [4.78, 5) is 28.8. The molecule has 154 valence electrons. The first-order valence-electron chi connectivity index (χ1n) is 10.7. The van der Waals surface area contributed by atoms with Gasteiger partial charge >= 0.3 is 0 Å². The van der Waals surface area contributed by atoms with E-state index in [-0.39, 0.29) is 5.92 Å². The van der Waals surface area contributed by atoms with E-state index in [0.717, 1.165) is 63.8 Å². The third kappa shape index (κ3) is 4.21. The van der Waals surface area contributed by atoms with Gasteiger partial charge in [-0.15, -0.1) is 0 Å². The highest BCUT2D eigenvalue weighted by molar-refractivity contribution is 5.80. The van der Waals surface area contributed by atoms with Crippen LogP contribution in [0.3, 0.4) is 0 Å². The third-order valence-corrected chi connectivity index (χ3v) is 6.34. The maximum Gasteiger partial charge on any atom is 0.227 e. The van der Waals surface area contributed by atoms with Gasteiger partial charge in [-0.05, 0) is 56.9 Å². The van der Waals surface area contributed by atoms with Gasteiger partial charge in [0, 0.05) is 56.8 Å². The molecular formula is C23H31N5O. The largest absolute Gasteiger partial charge is 0.368 e. The summed E-state index contributed by atoms with van der Waals surface area (Å²) in [6.07, 6.45) is 3.77. The number of benzene rings is 1. The Labute approximate surface area is 173 Å². The number of hydrogen-bond acceptors (Lipinski definition) is 5. The minimum Gasteiger partial charge on any atom is -0.368 e. The Hall–Kier alpha value is -2.63. The van der Waals surface area contributed by atoms with Gasteiger partial charge in [-0.2, -0.15) is 0 Å². The number of carbonyl (C=O) groups excluding carboxylic acids is 1. The van der Waals surface area contributed by atoms with E-state index in [1.165, 1.54) is 16.8 Å². The van der Waals surface area contributed by atoms with Gasteiger partial charge < -0.3 is 14.7 Å². The van der Waals surface area contributed by atoms with Crippen molar-refractivity contribution in [2.75, 3.05) is 49.1 Å². The van der Waals surface area contributed by atoms with Crippen LogP contribution in [0.15, 0.2) is 30.5 Å². The number of piperidine rings is 1. The Morgan fingerprint density at radius 3 is 2.55 bits per heavy atom. The number of piperazine rings is 1. The van der Waals surface area contributed by atoms with Crippen molar-refractivity contribution in [3.05, 3.63) is 47.3 Å². The maximum absolute atomic E-state index is 13.2. The van der Waals surface area contributed by atoms with E-state index in [1.54, 1.807) is 6.20 Å². The predicted octanol–water partition coefficient (Wildman–Crippen LogP) is 2.97. The van der Waals surface area contributed by atoms with Gasteiger partial charge in [0.15, 0.2) is 0 Å². The van der Waals surface area contributed by atoms with E-state index >= 15 is 0 Å². The molecule has 3 heterocycles. The number of anilines is 2. The van der Waals surface area contributed by atoms with E-state index in [0.29, 0.717) is 5.91 Å². The molecule has 1 atom stereocenters. The fraction of sp³-hybridized carbons (Fsp3) is 0.522. The average Bonchev–Trinajstić information content (AvgIpc) is 2.75. The van der Waals surface area contributed by atoms with Crippen molar-refractivity contribution in [1.29, 1.82) is 0 Å². The number of amides is 1. The van der Waals surface area contributed by atoms with Gasteiger partial charge in [-0.1, -0.05) is 12.1 Å². The van der Waals surface area contributed by atoms with Crippen molar-refractivity contribution >= 4 is 17.5 Å². The molecule has 1 unspecified atom stereocenters. The van der Waals surface area contributed by atoms with Gasteiger partial charge in [0.05, 0.1) is 5.92 Å². The normalized spacial score (nSPS) is 20.1. The van der Waals surface area contributed by atoms with Crippen LogP contribution in [0.4, 0.5) is 11.6 Å². The highest BCUT2D eigenvalue weighted by atomic mass is 16.2. The van der Waals surface area contributed by atoms with E-state index in [2.05, 4.69) is 56.7 Å².